The number of anilines is 1. The lowest BCUT2D eigenvalue weighted by Crippen LogP contribution is -2.36. The fraction of sp³-hybridized carbons (Fsp3) is 0.259. The summed E-state index contributed by atoms with van der Waals surface area (Å²) < 4.78 is 1.69. The number of halogens is 1. The molecule has 4 atom stereocenters. The molecule has 5 rings (SSSR count). The molecule has 2 aromatic carbocycles. The van der Waals surface area contributed by atoms with Crippen LogP contribution in [0, 0.1) is 17.8 Å². The third-order valence-corrected chi connectivity index (χ3v) is 6.69. The Morgan fingerprint density at radius 2 is 1.92 bits per heavy atom. The molecular formula is C27H25ClN6O3. The van der Waals surface area contributed by atoms with Crippen LogP contribution in [0.15, 0.2) is 60.9 Å². The third kappa shape index (κ3) is 5.13. The maximum Gasteiger partial charge on any atom is 0.225 e. The van der Waals surface area contributed by atoms with Crippen molar-refractivity contribution < 1.29 is 15.0 Å². The van der Waals surface area contributed by atoms with E-state index in [4.69, 9.17) is 11.6 Å². The predicted octanol–water partition coefficient (Wildman–Crippen LogP) is 2.52. The Labute approximate surface area is 218 Å². The molecule has 1 fully saturated rings. The highest BCUT2D eigenvalue weighted by atomic mass is 35.5. The summed E-state index contributed by atoms with van der Waals surface area (Å²) in [5, 5.41) is 27.8. The van der Waals surface area contributed by atoms with E-state index in [1.807, 2.05) is 48.5 Å². The van der Waals surface area contributed by atoms with Crippen molar-refractivity contribution in [2.75, 3.05) is 12.4 Å². The molecule has 4 aromatic rings. The minimum Gasteiger partial charge on any atom is -0.390 e. The van der Waals surface area contributed by atoms with Crippen LogP contribution in [-0.2, 0) is 11.3 Å². The van der Waals surface area contributed by atoms with E-state index in [0.29, 0.717) is 28.5 Å². The SMILES string of the molecule is CNC(=O)C1CC(n2cnc3c(NCc4cccc(Cl)c4)nc(C#Cc4ccccc4)nc32)C(O)C1O. The zero-order valence-corrected chi connectivity index (χ0v) is 20.7. The predicted molar refractivity (Wildman–Crippen MR) is 140 cm³/mol. The van der Waals surface area contributed by atoms with Gasteiger partial charge >= 0.3 is 0 Å². The van der Waals surface area contributed by atoms with Crippen LogP contribution in [0.4, 0.5) is 5.82 Å². The summed E-state index contributed by atoms with van der Waals surface area (Å²) in [4.78, 5) is 26.0. The van der Waals surface area contributed by atoms with Crippen molar-refractivity contribution in [1.29, 1.82) is 0 Å². The number of hydrogen-bond acceptors (Lipinski definition) is 7. The van der Waals surface area contributed by atoms with E-state index >= 15 is 0 Å². The number of nitrogens with one attached hydrogen (secondary N) is 2. The number of aliphatic hydroxyl groups excluding tert-OH is 2. The highest BCUT2D eigenvalue weighted by molar-refractivity contribution is 6.30. The molecule has 1 aliphatic rings. The smallest absolute Gasteiger partial charge is 0.225 e. The molecule has 0 saturated heterocycles. The molecule has 1 saturated carbocycles. The van der Waals surface area contributed by atoms with Crippen LogP contribution in [0.25, 0.3) is 11.2 Å². The van der Waals surface area contributed by atoms with E-state index in [-0.39, 0.29) is 18.2 Å². The number of aliphatic hydroxyl groups is 2. The first kappa shape index (κ1) is 24.7. The van der Waals surface area contributed by atoms with Gasteiger partial charge in [-0.05, 0) is 42.2 Å². The van der Waals surface area contributed by atoms with Gasteiger partial charge in [-0.25, -0.2) is 15.0 Å². The molecule has 10 heteroatoms. The quantitative estimate of drug-likeness (QED) is 0.300. The average Bonchev–Trinajstić information content (AvgIpc) is 3.47. The van der Waals surface area contributed by atoms with Gasteiger partial charge in [0.15, 0.2) is 17.0 Å². The molecule has 188 valence electrons. The van der Waals surface area contributed by atoms with Crippen molar-refractivity contribution in [3.8, 4) is 11.8 Å². The summed E-state index contributed by atoms with van der Waals surface area (Å²) in [6.07, 6.45) is -0.600. The number of rotatable bonds is 5. The van der Waals surface area contributed by atoms with E-state index in [1.54, 1.807) is 17.0 Å². The van der Waals surface area contributed by atoms with Gasteiger partial charge in [-0.15, -0.1) is 0 Å². The fourth-order valence-electron chi connectivity index (χ4n) is 4.55. The monoisotopic (exact) mass is 516 g/mol. The van der Waals surface area contributed by atoms with E-state index in [9.17, 15) is 15.0 Å². The van der Waals surface area contributed by atoms with Crippen molar-refractivity contribution in [1.82, 2.24) is 24.8 Å². The maximum absolute atomic E-state index is 12.3. The van der Waals surface area contributed by atoms with Crippen molar-refractivity contribution in [3.05, 3.63) is 82.9 Å². The van der Waals surface area contributed by atoms with Crippen molar-refractivity contribution >= 4 is 34.5 Å². The van der Waals surface area contributed by atoms with Crippen molar-refractivity contribution in [2.45, 2.75) is 31.2 Å². The van der Waals surface area contributed by atoms with Crippen LogP contribution in [-0.4, -0.2) is 54.9 Å². The second-order valence-corrected chi connectivity index (χ2v) is 9.26. The average molecular weight is 517 g/mol. The van der Waals surface area contributed by atoms with Gasteiger partial charge in [-0.2, -0.15) is 0 Å². The lowest BCUT2D eigenvalue weighted by Gasteiger charge is -2.18. The van der Waals surface area contributed by atoms with Crippen LogP contribution >= 0.6 is 11.6 Å². The molecule has 1 amide bonds. The zero-order valence-electron chi connectivity index (χ0n) is 20.0. The Bertz CT molecular complexity index is 1500. The highest BCUT2D eigenvalue weighted by Gasteiger charge is 2.46. The van der Waals surface area contributed by atoms with Gasteiger partial charge < -0.3 is 25.4 Å². The number of fused-ring (bicyclic) bond motifs is 1. The van der Waals surface area contributed by atoms with E-state index in [1.165, 1.54) is 7.05 Å². The molecule has 0 spiro atoms. The van der Waals surface area contributed by atoms with Gasteiger partial charge in [0.1, 0.15) is 6.10 Å². The number of carbonyl (C=O) groups excluding carboxylic acids is 1. The minimum absolute atomic E-state index is 0.230. The highest BCUT2D eigenvalue weighted by Crippen LogP contribution is 2.37. The Balaban J connectivity index is 1.55. The lowest BCUT2D eigenvalue weighted by atomic mass is 10.1. The molecule has 2 heterocycles. The topological polar surface area (TPSA) is 125 Å². The van der Waals surface area contributed by atoms with Crippen LogP contribution in [0.3, 0.4) is 0 Å². The van der Waals surface area contributed by atoms with Crippen LogP contribution in [0.1, 0.15) is 29.4 Å². The minimum atomic E-state index is -1.21. The molecule has 0 aliphatic heterocycles. The summed E-state index contributed by atoms with van der Waals surface area (Å²) >= 11 is 6.13. The number of benzene rings is 2. The first-order valence-electron chi connectivity index (χ1n) is 11.8. The van der Waals surface area contributed by atoms with E-state index in [0.717, 1.165) is 11.1 Å². The lowest BCUT2D eigenvalue weighted by molar-refractivity contribution is -0.128. The normalized spacial score (nSPS) is 20.9. The summed E-state index contributed by atoms with van der Waals surface area (Å²) in [6.45, 7) is 0.439. The molecular weight excluding hydrogens is 492 g/mol. The second kappa shape index (κ2) is 10.6. The maximum atomic E-state index is 12.3. The first-order chi connectivity index (χ1) is 17.9. The zero-order chi connectivity index (χ0) is 25.9. The van der Waals surface area contributed by atoms with Crippen molar-refractivity contribution in [3.63, 3.8) is 0 Å². The Morgan fingerprint density at radius 3 is 2.68 bits per heavy atom. The summed E-state index contributed by atoms with van der Waals surface area (Å²) in [7, 11) is 1.50. The molecule has 4 unspecified atom stereocenters. The Hall–Kier alpha value is -3.97. The van der Waals surface area contributed by atoms with Gasteiger partial charge in [0.2, 0.25) is 11.7 Å². The molecule has 37 heavy (non-hydrogen) atoms. The number of aromatic nitrogens is 4. The van der Waals surface area contributed by atoms with Gasteiger partial charge in [0.25, 0.3) is 0 Å². The number of amides is 1. The summed E-state index contributed by atoms with van der Waals surface area (Å²) in [6, 6.07) is 16.4. The molecule has 0 radical (unpaired) electrons. The van der Waals surface area contributed by atoms with E-state index < -0.39 is 24.2 Å². The molecule has 2 aromatic heterocycles. The summed E-state index contributed by atoms with van der Waals surface area (Å²) in [5.41, 5.74) is 2.70. The van der Waals surface area contributed by atoms with Crippen LogP contribution in [0.2, 0.25) is 5.02 Å². The van der Waals surface area contributed by atoms with Gasteiger partial charge in [-0.3, -0.25) is 4.79 Å². The van der Waals surface area contributed by atoms with Gasteiger partial charge in [0.05, 0.1) is 24.4 Å². The van der Waals surface area contributed by atoms with Gasteiger partial charge in [0, 0.05) is 24.2 Å². The third-order valence-electron chi connectivity index (χ3n) is 6.46. The number of hydrogen-bond donors (Lipinski definition) is 4. The molecule has 0 bridgehead atoms. The standard InChI is InChI=1S/C27H25ClN6O3/c1-29-27(37)19-13-20(24(36)23(19)35)34-15-31-22-25(30-14-17-8-5-9-18(28)12-17)32-21(33-26(22)34)11-10-16-6-3-2-4-7-16/h2-9,12,15,19-20,23-24,35-36H,13-14H2,1H3,(H,29,37)(H,30,32,33). The largest absolute Gasteiger partial charge is 0.390 e. The Kier molecular flexibility index (Phi) is 7.06. The Morgan fingerprint density at radius 1 is 1.11 bits per heavy atom. The number of imidazole rings is 1. The molecule has 4 N–H and O–H groups in total. The van der Waals surface area contributed by atoms with Crippen LogP contribution < -0.4 is 10.6 Å². The van der Waals surface area contributed by atoms with Crippen molar-refractivity contribution in [2.24, 2.45) is 5.92 Å². The molecule has 9 nitrogen and oxygen atoms in total. The van der Waals surface area contributed by atoms with E-state index in [2.05, 4.69) is 37.4 Å². The number of nitrogens with zero attached hydrogens (tertiary/aromatic N) is 4. The number of carbonyl (C=O) groups is 1. The fourth-order valence-corrected chi connectivity index (χ4v) is 4.76. The first-order valence-corrected chi connectivity index (χ1v) is 12.2. The second-order valence-electron chi connectivity index (χ2n) is 8.82. The summed E-state index contributed by atoms with van der Waals surface area (Å²) in [5.74, 6) is 5.74. The van der Waals surface area contributed by atoms with Crippen LogP contribution in [0.5, 0.6) is 0 Å². The van der Waals surface area contributed by atoms with Gasteiger partial charge in [-0.1, -0.05) is 47.9 Å². The molecule has 1 aliphatic carbocycles.